The Kier molecular flexibility index (Phi) is 9.00. The summed E-state index contributed by atoms with van der Waals surface area (Å²) in [6.07, 6.45) is -0.356. The molecule has 0 bridgehead atoms. The van der Waals surface area contributed by atoms with Crippen molar-refractivity contribution in [2.24, 2.45) is 0 Å². The van der Waals surface area contributed by atoms with Gasteiger partial charge in [0.2, 0.25) is 0 Å². The Labute approximate surface area is 260 Å². The van der Waals surface area contributed by atoms with Crippen molar-refractivity contribution in [1.29, 1.82) is 0 Å². The van der Waals surface area contributed by atoms with Gasteiger partial charge in [-0.2, -0.15) is 4.98 Å². The average molecular weight is 633 g/mol. The van der Waals surface area contributed by atoms with Crippen molar-refractivity contribution in [2.45, 2.75) is 70.2 Å². The molecule has 2 aliphatic rings. The Morgan fingerprint density at radius 2 is 1.88 bits per heavy atom. The third kappa shape index (κ3) is 6.22. The van der Waals surface area contributed by atoms with Crippen molar-refractivity contribution in [3.63, 3.8) is 0 Å². The van der Waals surface area contributed by atoms with Crippen LogP contribution in [0.3, 0.4) is 0 Å². The molecule has 2 aliphatic heterocycles. The highest BCUT2D eigenvalue weighted by Gasteiger charge is 2.38. The van der Waals surface area contributed by atoms with Crippen LogP contribution in [0.15, 0.2) is 34.0 Å². The summed E-state index contributed by atoms with van der Waals surface area (Å²) >= 11 is 7.83. The number of aryl methyl sites for hydroxylation is 1. The molecule has 0 aliphatic carbocycles. The second-order valence-corrected chi connectivity index (χ2v) is 13.7. The normalized spacial score (nSPS) is 20.5. The number of hydrogen-bond acceptors (Lipinski definition) is 8. The Bertz CT molecular complexity index is 1600. The molecule has 3 heterocycles. The van der Waals surface area contributed by atoms with E-state index >= 15 is 0 Å². The molecule has 0 saturated carbocycles. The van der Waals surface area contributed by atoms with E-state index in [0.717, 1.165) is 32.5 Å². The van der Waals surface area contributed by atoms with Gasteiger partial charge in [-0.15, -0.1) is 11.8 Å². The zero-order chi connectivity index (χ0) is 31.2. The number of ether oxygens (including phenoxy) is 3. The SMILES string of the molecule is COCOC[C@H]1CSc2c(-c3ccc(F)c(Cl)c3)c(C)cc3c(N4C[C@@H](C)N(C(=O)OC(C)(C)C)[C@@H](C)C4)nc(=O)n1c23. The zero-order valence-electron chi connectivity index (χ0n) is 25.6. The quantitative estimate of drug-likeness (QED) is 0.232. The molecule has 12 heteroatoms. The van der Waals surface area contributed by atoms with E-state index in [1.807, 2.05) is 47.6 Å². The van der Waals surface area contributed by atoms with Crippen LogP contribution in [-0.4, -0.2) is 77.6 Å². The highest BCUT2D eigenvalue weighted by atomic mass is 35.5. The standard InChI is InChI=1S/C31H38ClFN4O5S/c1-17-10-22-26-27(25(17)20-8-9-24(33)23(32)11-20)43-15-21(14-41-16-40-7)37(26)29(38)34-28(22)35-12-18(2)36(19(3)13-35)30(39)42-31(4,5)6/h8-11,18-19,21H,12-16H2,1-7H3/t18-,19+,21-/m0/s1. The number of piperazine rings is 1. The van der Waals surface area contributed by atoms with Gasteiger partial charge in [-0.1, -0.05) is 17.7 Å². The Balaban J connectivity index is 1.64. The molecule has 0 N–H and O–H groups in total. The van der Waals surface area contributed by atoms with Crippen molar-refractivity contribution < 1.29 is 23.4 Å². The first-order valence-corrected chi connectivity index (χ1v) is 15.7. The summed E-state index contributed by atoms with van der Waals surface area (Å²) < 4.78 is 32.3. The molecule has 1 amide bonds. The number of nitrogens with zero attached hydrogens (tertiary/aromatic N) is 4. The van der Waals surface area contributed by atoms with Gasteiger partial charge in [0.15, 0.2) is 0 Å². The molecule has 9 nitrogen and oxygen atoms in total. The van der Waals surface area contributed by atoms with Gasteiger partial charge >= 0.3 is 11.8 Å². The number of thioether (sulfide) groups is 1. The Morgan fingerprint density at radius 1 is 1.19 bits per heavy atom. The predicted octanol–water partition coefficient (Wildman–Crippen LogP) is 6.27. The average Bonchev–Trinajstić information content (AvgIpc) is 2.91. The molecule has 1 fully saturated rings. The van der Waals surface area contributed by atoms with Gasteiger partial charge in [-0.25, -0.2) is 14.0 Å². The van der Waals surface area contributed by atoms with Crippen molar-refractivity contribution >= 4 is 46.2 Å². The lowest BCUT2D eigenvalue weighted by Gasteiger charge is -2.45. The van der Waals surface area contributed by atoms with E-state index < -0.39 is 11.4 Å². The van der Waals surface area contributed by atoms with Gasteiger partial charge in [0.1, 0.15) is 24.0 Å². The van der Waals surface area contributed by atoms with Crippen molar-refractivity contribution in [3.05, 3.63) is 51.2 Å². The minimum absolute atomic E-state index is 0.0366. The van der Waals surface area contributed by atoms with E-state index in [9.17, 15) is 14.0 Å². The fourth-order valence-electron chi connectivity index (χ4n) is 6.03. The first-order chi connectivity index (χ1) is 20.3. The Hall–Kier alpha value is -2.86. The number of hydrogen-bond donors (Lipinski definition) is 0. The minimum Gasteiger partial charge on any atom is -0.444 e. The number of carbonyl (C=O) groups is 1. The second kappa shape index (κ2) is 12.3. The number of benzene rings is 2. The molecule has 3 aromatic rings. The molecule has 232 valence electrons. The van der Waals surface area contributed by atoms with Crippen LogP contribution in [0.25, 0.3) is 22.0 Å². The third-order valence-electron chi connectivity index (χ3n) is 7.67. The predicted molar refractivity (Wildman–Crippen MR) is 168 cm³/mol. The van der Waals surface area contributed by atoms with Gasteiger partial charge in [0.05, 0.1) is 35.3 Å². The number of amides is 1. The van der Waals surface area contributed by atoms with E-state index in [4.69, 9.17) is 25.8 Å². The van der Waals surface area contributed by atoms with Gasteiger partial charge in [0, 0.05) is 41.8 Å². The van der Waals surface area contributed by atoms with Gasteiger partial charge in [-0.05, 0) is 70.9 Å². The molecule has 0 spiro atoms. The fraction of sp³-hybridized carbons (Fsp3) is 0.516. The van der Waals surface area contributed by atoms with E-state index in [1.54, 1.807) is 40.5 Å². The molecule has 1 saturated heterocycles. The van der Waals surface area contributed by atoms with Crippen LogP contribution in [-0.2, 0) is 14.2 Å². The summed E-state index contributed by atoms with van der Waals surface area (Å²) in [5.41, 5.74) is 2.40. The summed E-state index contributed by atoms with van der Waals surface area (Å²) in [6, 6.07) is 6.11. The van der Waals surface area contributed by atoms with E-state index in [0.29, 0.717) is 24.7 Å². The summed E-state index contributed by atoms with van der Waals surface area (Å²) in [5, 5.41) is 0.868. The lowest BCUT2D eigenvalue weighted by Crippen LogP contribution is -2.60. The third-order valence-corrected chi connectivity index (χ3v) is 9.20. The summed E-state index contributed by atoms with van der Waals surface area (Å²) in [4.78, 5) is 36.3. The van der Waals surface area contributed by atoms with Crippen molar-refractivity contribution in [1.82, 2.24) is 14.5 Å². The minimum atomic E-state index is -0.606. The van der Waals surface area contributed by atoms with E-state index in [-0.39, 0.29) is 48.3 Å². The van der Waals surface area contributed by atoms with E-state index in [1.165, 1.54) is 6.07 Å². The maximum Gasteiger partial charge on any atom is 0.410 e. The number of carbonyl (C=O) groups excluding carboxylic acids is 1. The van der Waals surface area contributed by atoms with Crippen LogP contribution < -0.4 is 10.6 Å². The first-order valence-electron chi connectivity index (χ1n) is 14.3. The van der Waals surface area contributed by atoms with Crippen LogP contribution >= 0.6 is 23.4 Å². The molecule has 1 aromatic heterocycles. The van der Waals surface area contributed by atoms with E-state index in [2.05, 4.69) is 9.88 Å². The molecule has 0 unspecified atom stereocenters. The van der Waals surface area contributed by atoms with Crippen LogP contribution in [0.4, 0.5) is 15.0 Å². The molecule has 2 aromatic carbocycles. The van der Waals surface area contributed by atoms with Crippen LogP contribution in [0.5, 0.6) is 0 Å². The summed E-state index contributed by atoms with van der Waals surface area (Å²) in [6.45, 7) is 12.9. The zero-order valence-corrected chi connectivity index (χ0v) is 27.1. The number of methoxy groups -OCH3 is 1. The van der Waals surface area contributed by atoms with Gasteiger partial charge in [0.25, 0.3) is 0 Å². The first kappa shape index (κ1) is 31.6. The number of aromatic nitrogens is 2. The van der Waals surface area contributed by atoms with Crippen LogP contribution in [0.1, 0.15) is 46.2 Å². The summed E-state index contributed by atoms with van der Waals surface area (Å²) in [7, 11) is 1.55. The lowest BCUT2D eigenvalue weighted by molar-refractivity contribution is -0.0395. The maximum atomic E-state index is 14.1. The smallest absolute Gasteiger partial charge is 0.410 e. The maximum absolute atomic E-state index is 14.1. The highest BCUT2D eigenvalue weighted by Crippen LogP contribution is 2.46. The van der Waals surface area contributed by atoms with Crippen LogP contribution in [0, 0.1) is 12.7 Å². The van der Waals surface area contributed by atoms with Gasteiger partial charge in [-0.3, -0.25) is 9.47 Å². The molecular weight excluding hydrogens is 595 g/mol. The second-order valence-electron chi connectivity index (χ2n) is 12.2. The van der Waals surface area contributed by atoms with Crippen molar-refractivity contribution in [3.8, 4) is 11.1 Å². The highest BCUT2D eigenvalue weighted by molar-refractivity contribution is 7.99. The molecule has 3 atom stereocenters. The fourth-order valence-corrected chi connectivity index (χ4v) is 7.59. The molecule has 43 heavy (non-hydrogen) atoms. The molecular formula is C31H38ClFN4O5S. The number of rotatable bonds is 6. The summed E-state index contributed by atoms with van der Waals surface area (Å²) in [5.74, 6) is 0.671. The molecule has 0 radical (unpaired) electrons. The monoisotopic (exact) mass is 632 g/mol. The number of halogens is 2. The van der Waals surface area contributed by atoms with Crippen molar-refractivity contribution in [2.75, 3.05) is 44.3 Å². The van der Waals surface area contributed by atoms with Gasteiger partial charge < -0.3 is 19.1 Å². The largest absolute Gasteiger partial charge is 0.444 e. The lowest BCUT2D eigenvalue weighted by atomic mass is 9.97. The Morgan fingerprint density at radius 3 is 2.51 bits per heavy atom. The number of anilines is 1. The molecule has 5 rings (SSSR count). The van der Waals surface area contributed by atoms with Crippen LogP contribution in [0.2, 0.25) is 5.02 Å². The topological polar surface area (TPSA) is 86.1 Å².